The minimum atomic E-state index is -0.381. The Morgan fingerprint density at radius 2 is 1.60 bits per heavy atom. The predicted molar refractivity (Wildman–Crippen MR) is 160 cm³/mol. The normalized spacial score (nSPS) is 21.6. The molecule has 2 atom stereocenters. The van der Waals surface area contributed by atoms with E-state index in [1.54, 1.807) is 0 Å². The molecule has 5 amide bonds. The molecule has 3 aliphatic rings. The highest BCUT2D eigenvalue weighted by molar-refractivity contribution is 5.89. The van der Waals surface area contributed by atoms with Gasteiger partial charge in [0.25, 0.3) is 0 Å². The minimum absolute atomic E-state index is 0.0326. The first-order valence-electron chi connectivity index (χ1n) is 15.3. The largest absolute Gasteiger partial charge is 0.350 e. The summed E-state index contributed by atoms with van der Waals surface area (Å²) in [4.78, 5) is 71.3. The van der Waals surface area contributed by atoms with Gasteiger partial charge in [-0.25, -0.2) is 0 Å². The van der Waals surface area contributed by atoms with Crippen LogP contribution in [-0.4, -0.2) is 83.5 Å². The summed E-state index contributed by atoms with van der Waals surface area (Å²) in [5.41, 5.74) is 2.61. The van der Waals surface area contributed by atoms with Crippen molar-refractivity contribution in [1.29, 1.82) is 0 Å². The number of carbonyl (C=O) groups is 5. The Morgan fingerprint density at radius 1 is 0.884 bits per heavy atom. The summed E-state index contributed by atoms with van der Waals surface area (Å²) in [5, 5.41) is 5.71. The molecular weight excluding hydrogens is 546 g/mol. The summed E-state index contributed by atoms with van der Waals surface area (Å²) >= 11 is 0. The van der Waals surface area contributed by atoms with Crippen LogP contribution in [0.5, 0.6) is 0 Å². The van der Waals surface area contributed by atoms with Crippen molar-refractivity contribution >= 4 is 29.5 Å². The van der Waals surface area contributed by atoms with Crippen molar-refractivity contribution < 1.29 is 24.0 Å². The fourth-order valence-corrected chi connectivity index (χ4v) is 6.34. The first-order chi connectivity index (χ1) is 20.9. The molecular formula is C33H41N5O5. The highest BCUT2D eigenvalue weighted by Crippen LogP contribution is 2.31. The summed E-state index contributed by atoms with van der Waals surface area (Å²) in [6.07, 6.45) is 3.23. The van der Waals surface area contributed by atoms with Gasteiger partial charge < -0.3 is 25.3 Å². The van der Waals surface area contributed by atoms with Gasteiger partial charge in [-0.15, -0.1) is 0 Å². The van der Waals surface area contributed by atoms with Gasteiger partial charge in [0.05, 0.1) is 6.42 Å². The van der Waals surface area contributed by atoms with Crippen molar-refractivity contribution in [3.05, 3.63) is 71.3 Å². The maximum absolute atomic E-state index is 13.8. The molecule has 3 heterocycles. The molecule has 10 nitrogen and oxygen atoms in total. The molecule has 2 N–H and O–H groups in total. The van der Waals surface area contributed by atoms with E-state index in [1.165, 1.54) is 4.90 Å². The third-order valence-corrected chi connectivity index (χ3v) is 8.87. The lowest BCUT2D eigenvalue weighted by molar-refractivity contribution is -0.142. The Hall–Kier alpha value is -4.21. The van der Waals surface area contributed by atoms with E-state index in [0.717, 1.165) is 42.6 Å². The zero-order valence-electron chi connectivity index (χ0n) is 24.6. The van der Waals surface area contributed by atoms with Crippen LogP contribution in [0, 0.1) is 11.8 Å². The zero-order chi connectivity index (χ0) is 30.2. The maximum Gasteiger partial charge on any atom is 0.239 e. The first-order valence-corrected chi connectivity index (χ1v) is 15.3. The first kappa shape index (κ1) is 30.3. The van der Waals surface area contributed by atoms with Crippen molar-refractivity contribution in [1.82, 2.24) is 25.3 Å². The highest BCUT2D eigenvalue weighted by atomic mass is 16.2. The van der Waals surface area contributed by atoms with E-state index in [1.807, 2.05) is 64.4 Å². The fraction of sp³-hybridized carbons (Fsp3) is 0.485. The van der Waals surface area contributed by atoms with Gasteiger partial charge in [-0.3, -0.25) is 24.0 Å². The molecule has 43 heavy (non-hydrogen) atoms. The summed E-state index contributed by atoms with van der Waals surface area (Å²) in [5.74, 6) is -1.34. The number of piperidine rings is 1. The van der Waals surface area contributed by atoms with E-state index < -0.39 is 0 Å². The molecule has 10 heteroatoms. The summed E-state index contributed by atoms with van der Waals surface area (Å²) in [6.45, 7) is 2.44. The highest BCUT2D eigenvalue weighted by Gasteiger charge is 2.36. The maximum atomic E-state index is 13.8. The lowest BCUT2D eigenvalue weighted by Crippen LogP contribution is -2.50. The molecule has 2 aromatic rings. The van der Waals surface area contributed by atoms with Gasteiger partial charge in [0.1, 0.15) is 13.1 Å². The average molecular weight is 588 g/mol. The third kappa shape index (κ3) is 8.21. The van der Waals surface area contributed by atoms with Crippen LogP contribution >= 0.6 is 0 Å². The number of hydrogen-bond acceptors (Lipinski definition) is 5. The second-order valence-corrected chi connectivity index (χ2v) is 11.9. The second kappa shape index (κ2) is 14.3. The molecule has 0 aliphatic carbocycles. The number of nitrogens with zero attached hydrogens (tertiary/aromatic N) is 3. The van der Waals surface area contributed by atoms with Gasteiger partial charge in [-0.1, -0.05) is 54.6 Å². The molecule has 2 bridgehead atoms. The number of likely N-dealkylation sites (tertiary alicyclic amines) is 1. The van der Waals surface area contributed by atoms with Crippen LogP contribution in [0.4, 0.5) is 0 Å². The lowest BCUT2D eigenvalue weighted by Gasteiger charge is -2.39. The van der Waals surface area contributed by atoms with E-state index in [-0.39, 0.29) is 73.8 Å². The van der Waals surface area contributed by atoms with Crippen LogP contribution in [0.2, 0.25) is 0 Å². The van der Waals surface area contributed by atoms with Crippen molar-refractivity contribution in [2.75, 3.05) is 39.3 Å². The monoisotopic (exact) mass is 587 g/mol. The van der Waals surface area contributed by atoms with Crippen molar-refractivity contribution in [2.45, 2.75) is 51.6 Å². The van der Waals surface area contributed by atoms with Crippen LogP contribution in [0.15, 0.2) is 54.6 Å². The van der Waals surface area contributed by atoms with E-state index >= 15 is 0 Å². The van der Waals surface area contributed by atoms with Crippen molar-refractivity contribution in [3.8, 4) is 0 Å². The Bertz CT molecular complexity index is 1330. The molecule has 5 rings (SSSR count). The zero-order valence-corrected chi connectivity index (χ0v) is 24.6. The minimum Gasteiger partial charge on any atom is -0.350 e. The Labute approximate surface area is 252 Å². The van der Waals surface area contributed by atoms with Crippen molar-refractivity contribution in [3.63, 3.8) is 0 Å². The summed E-state index contributed by atoms with van der Waals surface area (Å²) in [6, 6.07) is 17.0. The predicted octanol–water partition coefficient (Wildman–Crippen LogP) is 1.87. The summed E-state index contributed by atoms with van der Waals surface area (Å²) < 4.78 is 0. The molecule has 0 spiro atoms. The number of fused-ring (bicyclic) bond motifs is 3. The number of carbonyl (C=O) groups excluding carboxylic acids is 5. The number of rotatable bonds is 6. The van der Waals surface area contributed by atoms with Crippen LogP contribution in [0.25, 0.3) is 0 Å². The smallest absolute Gasteiger partial charge is 0.239 e. The number of amides is 5. The summed E-state index contributed by atoms with van der Waals surface area (Å²) in [7, 11) is 0. The molecule has 2 fully saturated rings. The van der Waals surface area contributed by atoms with E-state index in [2.05, 4.69) is 10.6 Å². The molecule has 2 aromatic carbocycles. The number of nitrogens with one attached hydrogen (secondary N) is 2. The molecule has 2 saturated heterocycles. The molecule has 3 aliphatic heterocycles. The van der Waals surface area contributed by atoms with Gasteiger partial charge in [-0.05, 0) is 47.8 Å². The number of hydrogen-bond donors (Lipinski definition) is 2. The van der Waals surface area contributed by atoms with Gasteiger partial charge >= 0.3 is 0 Å². The fourth-order valence-electron chi connectivity index (χ4n) is 6.34. The third-order valence-electron chi connectivity index (χ3n) is 8.87. The second-order valence-electron chi connectivity index (χ2n) is 11.9. The topological polar surface area (TPSA) is 119 Å². The lowest BCUT2D eigenvalue weighted by atomic mass is 9.80. The van der Waals surface area contributed by atoms with E-state index in [4.69, 9.17) is 0 Å². The van der Waals surface area contributed by atoms with E-state index in [0.29, 0.717) is 32.5 Å². The van der Waals surface area contributed by atoms with Crippen molar-refractivity contribution in [2.24, 2.45) is 11.8 Å². The van der Waals surface area contributed by atoms with Crippen LogP contribution < -0.4 is 10.6 Å². The van der Waals surface area contributed by atoms with Gasteiger partial charge in [-0.2, -0.15) is 0 Å². The van der Waals surface area contributed by atoms with Crippen LogP contribution in [-0.2, 0) is 43.5 Å². The van der Waals surface area contributed by atoms with Gasteiger partial charge in [0.2, 0.25) is 29.5 Å². The molecule has 0 unspecified atom stereocenters. The van der Waals surface area contributed by atoms with Gasteiger partial charge in [0, 0.05) is 52.1 Å². The molecule has 0 aromatic heterocycles. The van der Waals surface area contributed by atoms with Crippen LogP contribution in [0.1, 0.15) is 48.8 Å². The van der Waals surface area contributed by atoms with Gasteiger partial charge in [0.15, 0.2) is 0 Å². The Balaban J connectivity index is 1.35. The Morgan fingerprint density at radius 3 is 2.37 bits per heavy atom. The molecule has 0 saturated carbocycles. The average Bonchev–Trinajstić information content (AvgIpc) is 3.56. The number of benzene rings is 2. The molecule has 0 radical (unpaired) electrons. The van der Waals surface area contributed by atoms with Crippen LogP contribution in [0.3, 0.4) is 0 Å². The SMILES string of the molecule is O=C(CN1CC(=O)NCc2ccccc2CC(=O)N2CC[C@@H](CC(=O)N3CCCC3)[C@@H](CC1=O)C2)NCc1ccccc1. The Kier molecular flexibility index (Phi) is 10.1. The standard InChI is InChI=1S/C33H41N5O5/c39-29(34-19-24-8-2-1-3-9-24)22-38-23-30(40)35-20-27-11-5-4-10-25(27)16-32(42)37-15-12-26(28(21-37)18-33(38)43)17-31(41)36-13-6-7-14-36/h1-5,8-11,26,28H,6-7,12-23H2,(H,34,39)(H,35,40)/t26-,28-/m0/s1. The molecule has 228 valence electrons. The quantitative estimate of drug-likeness (QED) is 0.535. The van der Waals surface area contributed by atoms with E-state index in [9.17, 15) is 24.0 Å².